The summed E-state index contributed by atoms with van der Waals surface area (Å²) in [4.78, 5) is 34.7. The standard InChI is InChI=1S/C29H25N3O5/c1-35-19-6-4-5-18(12-19)28-27-21(20-7-2-3-8-22(20)30-27)13-23-29(34)31(15-26(33)32(23)28)14-17-9-10-24-25(11-17)37-16-36-24/h2-12,23,28,30H,13-16H2,1H3/t23-,28+/m0/s1. The van der Waals surface area contributed by atoms with Crippen molar-refractivity contribution in [2.24, 2.45) is 0 Å². The maximum atomic E-state index is 14.0. The predicted molar refractivity (Wildman–Crippen MR) is 135 cm³/mol. The first kappa shape index (κ1) is 21.8. The summed E-state index contributed by atoms with van der Waals surface area (Å²) in [6, 6.07) is 20.4. The number of carbonyl (C=O) groups is 2. The average Bonchev–Trinajstić information content (AvgIpc) is 3.54. The van der Waals surface area contributed by atoms with Crippen LogP contribution in [0.4, 0.5) is 0 Å². The zero-order valence-corrected chi connectivity index (χ0v) is 20.3. The van der Waals surface area contributed by atoms with Crippen LogP contribution in [0.25, 0.3) is 10.9 Å². The molecule has 2 atom stereocenters. The van der Waals surface area contributed by atoms with Crippen molar-refractivity contribution in [3.8, 4) is 17.2 Å². The second-order valence-electron chi connectivity index (χ2n) is 9.64. The molecule has 3 aliphatic heterocycles. The largest absolute Gasteiger partial charge is 0.497 e. The fourth-order valence-electron chi connectivity index (χ4n) is 5.87. The van der Waals surface area contributed by atoms with Gasteiger partial charge in [-0.1, -0.05) is 36.4 Å². The van der Waals surface area contributed by atoms with E-state index in [9.17, 15) is 9.59 Å². The van der Waals surface area contributed by atoms with E-state index in [0.29, 0.717) is 30.2 Å². The van der Waals surface area contributed by atoms with Crippen molar-refractivity contribution in [1.29, 1.82) is 0 Å². The monoisotopic (exact) mass is 495 g/mol. The summed E-state index contributed by atoms with van der Waals surface area (Å²) in [6.45, 7) is 0.533. The van der Waals surface area contributed by atoms with Crippen LogP contribution < -0.4 is 14.2 Å². The number of methoxy groups -OCH3 is 1. The van der Waals surface area contributed by atoms with Gasteiger partial charge in [0.15, 0.2) is 11.5 Å². The summed E-state index contributed by atoms with van der Waals surface area (Å²) >= 11 is 0. The van der Waals surface area contributed by atoms with Gasteiger partial charge in [0.25, 0.3) is 0 Å². The van der Waals surface area contributed by atoms with Crippen molar-refractivity contribution in [2.45, 2.75) is 25.0 Å². The van der Waals surface area contributed by atoms with Crippen LogP contribution in [0.2, 0.25) is 0 Å². The van der Waals surface area contributed by atoms with Crippen molar-refractivity contribution in [3.63, 3.8) is 0 Å². The summed E-state index contributed by atoms with van der Waals surface area (Å²) in [6.07, 6.45) is 0.460. The third-order valence-electron chi connectivity index (χ3n) is 7.56. The van der Waals surface area contributed by atoms with E-state index in [0.717, 1.165) is 33.3 Å². The molecular formula is C29H25N3O5. The lowest BCUT2D eigenvalue weighted by Crippen LogP contribution is -2.62. The van der Waals surface area contributed by atoms with Gasteiger partial charge in [-0.2, -0.15) is 0 Å². The van der Waals surface area contributed by atoms with Gasteiger partial charge in [0.2, 0.25) is 18.6 Å². The number of piperazine rings is 1. The highest BCUT2D eigenvalue weighted by Gasteiger charge is 2.48. The maximum Gasteiger partial charge on any atom is 0.246 e. The van der Waals surface area contributed by atoms with E-state index in [2.05, 4.69) is 11.1 Å². The molecule has 4 aromatic rings. The van der Waals surface area contributed by atoms with E-state index in [1.807, 2.05) is 60.7 Å². The van der Waals surface area contributed by atoms with Crippen molar-refractivity contribution in [3.05, 3.63) is 89.1 Å². The Labute approximate surface area is 213 Å². The van der Waals surface area contributed by atoms with Gasteiger partial charge < -0.3 is 29.0 Å². The lowest BCUT2D eigenvalue weighted by atomic mass is 9.86. The topological polar surface area (TPSA) is 84.1 Å². The highest BCUT2D eigenvalue weighted by molar-refractivity contribution is 5.97. The number of fused-ring (bicyclic) bond motifs is 5. The van der Waals surface area contributed by atoms with Crippen molar-refractivity contribution >= 4 is 22.7 Å². The van der Waals surface area contributed by atoms with Crippen LogP contribution in [-0.4, -0.2) is 53.1 Å². The van der Waals surface area contributed by atoms with E-state index in [1.54, 1.807) is 16.9 Å². The first-order valence-corrected chi connectivity index (χ1v) is 12.3. The van der Waals surface area contributed by atoms with Gasteiger partial charge in [-0.15, -0.1) is 0 Å². The summed E-state index contributed by atoms with van der Waals surface area (Å²) in [5, 5.41) is 1.08. The molecular weight excluding hydrogens is 470 g/mol. The predicted octanol–water partition coefficient (Wildman–Crippen LogP) is 3.79. The van der Waals surface area contributed by atoms with Crippen LogP contribution in [-0.2, 0) is 22.6 Å². The van der Waals surface area contributed by atoms with E-state index in [4.69, 9.17) is 14.2 Å². The molecule has 1 fully saturated rings. The molecule has 0 spiro atoms. The molecule has 0 unspecified atom stereocenters. The number of rotatable bonds is 4. The minimum atomic E-state index is -0.599. The number of benzene rings is 3. The van der Waals surface area contributed by atoms with Crippen LogP contribution in [0.3, 0.4) is 0 Å². The summed E-state index contributed by atoms with van der Waals surface area (Å²) in [7, 11) is 1.63. The Kier molecular flexibility index (Phi) is 4.89. The molecule has 8 heteroatoms. The molecule has 1 aromatic heterocycles. The first-order valence-electron chi connectivity index (χ1n) is 12.3. The summed E-state index contributed by atoms with van der Waals surface area (Å²) in [5.74, 6) is 1.92. The van der Waals surface area contributed by atoms with E-state index >= 15 is 0 Å². The molecule has 186 valence electrons. The Morgan fingerprint density at radius 2 is 1.86 bits per heavy atom. The molecule has 37 heavy (non-hydrogen) atoms. The van der Waals surface area contributed by atoms with Gasteiger partial charge in [0.05, 0.1) is 13.2 Å². The number of ether oxygens (including phenoxy) is 3. The van der Waals surface area contributed by atoms with Crippen LogP contribution >= 0.6 is 0 Å². The first-order chi connectivity index (χ1) is 18.1. The molecule has 0 bridgehead atoms. The van der Waals surface area contributed by atoms with Gasteiger partial charge in [-0.05, 0) is 47.0 Å². The zero-order chi connectivity index (χ0) is 25.1. The number of para-hydroxylation sites is 1. The fourth-order valence-corrected chi connectivity index (χ4v) is 5.87. The quantitative estimate of drug-likeness (QED) is 0.466. The SMILES string of the molecule is COc1cccc([C@@H]2c3[nH]c4ccccc4c3C[C@H]3C(=O)N(Cc4ccc5c(c4)OCO5)CC(=O)N23)c1. The smallest absolute Gasteiger partial charge is 0.246 e. The normalized spacial score (nSPS) is 20.2. The Hall–Kier alpha value is -4.46. The molecule has 4 heterocycles. The van der Waals surface area contributed by atoms with Crippen molar-refractivity contribution in [2.75, 3.05) is 20.4 Å². The second-order valence-corrected chi connectivity index (χ2v) is 9.64. The average molecular weight is 496 g/mol. The fraction of sp³-hybridized carbons (Fsp3) is 0.241. The summed E-state index contributed by atoms with van der Waals surface area (Å²) in [5.41, 5.74) is 4.83. The van der Waals surface area contributed by atoms with Crippen molar-refractivity contribution < 1.29 is 23.8 Å². The highest BCUT2D eigenvalue weighted by Crippen LogP contribution is 2.43. The molecule has 8 nitrogen and oxygen atoms in total. The minimum absolute atomic E-state index is 0.0137. The Balaban J connectivity index is 1.30. The molecule has 1 saturated heterocycles. The van der Waals surface area contributed by atoms with Crippen molar-refractivity contribution in [1.82, 2.24) is 14.8 Å². The van der Waals surface area contributed by atoms with Crippen LogP contribution in [0.5, 0.6) is 17.2 Å². The Bertz CT molecular complexity index is 1560. The molecule has 7 rings (SSSR count). The van der Waals surface area contributed by atoms with E-state index in [1.165, 1.54) is 0 Å². The number of hydrogen-bond acceptors (Lipinski definition) is 5. The number of amides is 2. The van der Waals surface area contributed by atoms with E-state index < -0.39 is 12.1 Å². The number of aromatic nitrogens is 1. The number of nitrogens with zero attached hydrogens (tertiary/aromatic N) is 2. The number of nitrogens with one attached hydrogen (secondary N) is 1. The lowest BCUT2D eigenvalue weighted by Gasteiger charge is -2.47. The molecule has 3 aromatic carbocycles. The Morgan fingerprint density at radius 3 is 2.76 bits per heavy atom. The van der Waals surface area contributed by atoms with Gasteiger partial charge >= 0.3 is 0 Å². The van der Waals surface area contributed by atoms with Crippen LogP contribution in [0, 0.1) is 0 Å². The maximum absolute atomic E-state index is 14.0. The molecule has 1 N–H and O–H groups in total. The molecule has 3 aliphatic rings. The number of aromatic amines is 1. The Morgan fingerprint density at radius 1 is 1.00 bits per heavy atom. The number of hydrogen-bond donors (Lipinski definition) is 1. The molecule has 0 radical (unpaired) electrons. The number of carbonyl (C=O) groups excluding carboxylic acids is 2. The number of H-pyrrole nitrogens is 1. The third-order valence-corrected chi connectivity index (χ3v) is 7.56. The molecule has 2 amide bonds. The van der Waals surface area contributed by atoms with Gasteiger partial charge in [-0.25, -0.2) is 0 Å². The van der Waals surface area contributed by atoms with Gasteiger partial charge in [0.1, 0.15) is 18.3 Å². The highest BCUT2D eigenvalue weighted by atomic mass is 16.7. The van der Waals surface area contributed by atoms with E-state index in [-0.39, 0.29) is 25.2 Å². The van der Waals surface area contributed by atoms with Gasteiger partial charge in [0, 0.05) is 29.6 Å². The minimum Gasteiger partial charge on any atom is -0.497 e. The van der Waals surface area contributed by atoms with Crippen LogP contribution in [0.15, 0.2) is 66.7 Å². The lowest BCUT2D eigenvalue weighted by molar-refractivity contribution is -0.159. The molecule has 0 saturated carbocycles. The summed E-state index contributed by atoms with van der Waals surface area (Å²) < 4.78 is 16.4. The van der Waals surface area contributed by atoms with Crippen LogP contribution in [0.1, 0.15) is 28.4 Å². The molecule has 0 aliphatic carbocycles. The second kappa shape index (κ2) is 8.30. The van der Waals surface area contributed by atoms with Gasteiger partial charge in [-0.3, -0.25) is 9.59 Å². The zero-order valence-electron chi connectivity index (χ0n) is 20.3. The third kappa shape index (κ3) is 3.43.